The first kappa shape index (κ1) is 20.3. The van der Waals surface area contributed by atoms with Gasteiger partial charge >= 0.3 is 12.2 Å². The minimum absolute atomic E-state index is 0.0846. The Morgan fingerprint density at radius 2 is 1.93 bits per heavy atom. The number of halogens is 3. The number of carbonyl (C=O) groups excluding carboxylic acids is 1. The van der Waals surface area contributed by atoms with E-state index in [-0.39, 0.29) is 17.8 Å². The number of benzene rings is 1. The maximum absolute atomic E-state index is 12.9. The second-order valence-corrected chi connectivity index (χ2v) is 8.30. The van der Waals surface area contributed by atoms with Crippen molar-refractivity contribution in [1.29, 1.82) is 0 Å². The Kier molecular flexibility index (Phi) is 6.92. The molecule has 0 bridgehead atoms. The van der Waals surface area contributed by atoms with Gasteiger partial charge < -0.3 is 15.1 Å². The normalized spacial score (nSPS) is 22.3. The fraction of sp³-hybridized carbons (Fsp3) is 0.632. The van der Waals surface area contributed by atoms with Crippen molar-refractivity contribution in [3.05, 3.63) is 29.8 Å². The van der Waals surface area contributed by atoms with E-state index < -0.39 is 11.7 Å². The highest BCUT2D eigenvalue weighted by molar-refractivity contribution is 7.99. The van der Waals surface area contributed by atoms with Gasteiger partial charge in [-0.05, 0) is 56.3 Å². The van der Waals surface area contributed by atoms with Gasteiger partial charge in [-0.15, -0.1) is 0 Å². The van der Waals surface area contributed by atoms with E-state index in [1.165, 1.54) is 31.4 Å². The Bertz CT molecular complexity index is 635. The molecule has 2 fully saturated rings. The Hall–Kier alpha value is -1.41. The zero-order valence-corrected chi connectivity index (χ0v) is 16.1. The number of rotatable bonds is 3. The molecule has 3 rings (SSSR count). The van der Waals surface area contributed by atoms with Crippen LogP contribution in [0.25, 0.3) is 0 Å². The summed E-state index contributed by atoms with van der Waals surface area (Å²) >= 11 is 1.85. The van der Waals surface area contributed by atoms with E-state index in [1.807, 2.05) is 16.7 Å². The predicted octanol–water partition coefficient (Wildman–Crippen LogP) is 4.53. The van der Waals surface area contributed by atoms with Gasteiger partial charge in [0, 0.05) is 24.5 Å². The number of likely N-dealkylation sites (tertiary alicyclic amines) is 1. The zero-order valence-electron chi connectivity index (χ0n) is 15.3. The first-order valence-corrected chi connectivity index (χ1v) is 10.6. The Morgan fingerprint density at radius 3 is 2.67 bits per heavy atom. The summed E-state index contributed by atoms with van der Waals surface area (Å²) in [4.78, 5) is 17.1. The molecule has 1 aromatic rings. The lowest BCUT2D eigenvalue weighted by Gasteiger charge is -2.35. The highest BCUT2D eigenvalue weighted by Crippen LogP contribution is 2.31. The molecule has 2 saturated heterocycles. The summed E-state index contributed by atoms with van der Waals surface area (Å²) in [6.45, 7) is 3.59. The summed E-state index contributed by atoms with van der Waals surface area (Å²) in [7, 11) is 0. The van der Waals surface area contributed by atoms with Gasteiger partial charge in [0.15, 0.2) is 0 Å². The molecular weight excluding hydrogens is 375 g/mol. The molecule has 150 valence electrons. The molecule has 2 heterocycles. The predicted molar refractivity (Wildman–Crippen MR) is 103 cm³/mol. The molecule has 2 amide bonds. The molecule has 0 radical (unpaired) electrons. The molecule has 1 atom stereocenters. The summed E-state index contributed by atoms with van der Waals surface area (Å²) in [5, 5.41) is 2.68. The lowest BCUT2D eigenvalue weighted by atomic mass is 10.1. The SMILES string of the molecule is O=C(Nc1cccc(C(F)(F)F)c1)N1CCCSCC1CN1CCCCC1. The lowest BCUT2D eigenvalue weighted by Crippen LogP contribution is -2.50. The number of amides is 2. The summed E-state index contributed by atoms with van der Waals surface area (Å²) in [6, 6.07) is 4.60. The van der Waals surface area contributed by atoms with E-state index in [1.54, 1.807) is 0 Å². The maximum atomic E-state index is 12.9. The fourth-order valence-electron chi connectivity index (χ4n) is 3.66. The van der Waals surface area contributed by atoms with E-state index in [9.17, 15) is 18.0 Å². The molecule has 0 aliphatic carbocycles. The number of piperidine rings is 1. The molecule has 2 aliphatic rings. The summed E-state index contributed by atoms with van der Waals surface area (Å²) < 4.78 is 38.7. The molecule has 1 aromatic carbocycles. The van der Waals surface area contributed by atoms with Gasteiger partial charge in [-0.3, -0.25) is 0 Å². The average Bonchev–Trinajstić information content (AvgIpc) is 2.87. The van der Waals surface area contributed by atoms with E-state index in [4.69, 9.17) is 0 Å². The highest BCUT2D eigenvalue weighted by atomic mass is 32.2. The smallest absolute Gasteiger partial charge is 0.319 e. The van der Waals surface area contributed by atoms with E-state index in [2.05, 4.69) is 10.2 Å². The van der Waals surface area contributed by atoms with Crippen molar-refractivity contribution in [1.82, 2.24) is 9.80 Å². The van der Waals surface area contributed by atoms with Gasteiger partial charge in [-0.25, -0.2) is 4.79 Å². The van der Waals surface area contributed by atoms with E-state index >= 15 is 0 Å². The molecular formula is C19H26F3N3OS. The summed E-state index contributed by atoms with van der Waals surface area (Å²) in [5.74, 6) is 1.87. The van der Waals surface area contributed by atoms with Gasteiger partial charge in [0.1, 0.15) is 0 Å². The number of urea groups is 1. The van der Waals surface area contributed by atoms with Gasteiger partial charge in [-0.2, -0.15) is 24.9 Å². The molecule has 2 aliphatic heterocycles. The van der Waals surface area contributed by atoms with Crippen LogP contribution < -0.4 is 5.32 Å². The third-order valence-electron chi connectivity index (χ3n) is 5.06. The van der Waals surface area contributed by atoms with Gasteiger partial charge in [0.05, 0.1) is 11.6 Å². The van der Waals surface area contributed by atoms with Crippen LogP contribution >= 0.6 is 11.8 Å². The molecule has 0 aromatic heterocycles. The third kappa shape index (κ3) is 5.78. The number of anilines is 1. The van der Waals surface area contributed by atoms with Crippen LogP contribution in [-0.4, -0.2) is 59.6 Å². The van der Waals surface area contributed by atoms with Crippen LogP contribution in [0.2, 0.25) is 0 Å². The Balaban J connectivity index is 1.68. The molecule has 0 saturated carbocycles. The monoisotopic (exact) mass is 401 g/mol. The van der Waals surface area contributed by atoms with Crippen LogP contribution in [0, 0.1) is 0 Å². The third-order valence-corrected chi connectivity index (χ3v) is 6.26. The molecule has 8 heteroatoms. The molecule has 1 N–H and O–H groups in total. The second kappa shape index (κ2) is 9.19. The molecule has 4 nitrogen and oxygen atoms in total. The van der Waals surface area contributed by atoms with Gasteiger partial charge in [-0.1, -0.05) is 12.5 Å². The number of nitrogens with one attached hydrogen (secondary N) is 1. The first-order valence-electron chi connectivity index (χ1n) is 9.48. The largest absolute Gasteiger partial charge is 0.416 e. The van der Waals surface area contributed by atoms with Crippen molar-refractivity contribution in [2.24, 2.45) is 0 Å². The van der Waals surface area contributed by atoms with Crippen molar-refractivity contribution < 1.29 is 18.0 Å². The van der Waals surface area contributed by atoms with Crippen LogP contribution in [0.5, 0.6) is 0 Å². The minimum Gasteiger partial charge on any atom is -0.319 e. The van der Waals surface area contributed by atoms with Crippen molar-refractivity contribution >= 4 is 23.5 Å². The Labute approximate surface area is 162 Å². The lowest BCUT2D eigenvalue weighted by molar-refractivity contribution is -0.137. The van der Waals surface area contributed by atoms with Crippen molar-refractivity contribution in [3.8, 4) is 0 Å². The van der Waals surface area contributed by atoms with Gasteiger partial charge in [0.2, 0.25) is 0 Å². The minimum atomic E-state index is -4.42. The number of hydrogen-bond acceptors (Lipinski definition) is 3. The second-order valence-electron chi connectivity index (χ2n) is 7.15. The van der Waals surface area contributed by atoms with Crippen molar-refractivity contribution in [3.63, 3.8) is 0 Å². The van der Waals surface area contributed by atoms with Gasteiger partial charge in [0.25, 0.3) is 0 Å². The first-order chi connectivity index (χ1) is 12.9. The maximum Gasteiger partial charge on any atom is 0.416 e. The van der Waals surface area contributed by atoms with Crippen LogP contribution in [0.1, 0.15) is 31.2 Å². The molecule has 0 spiro atoms. The number of carbonyl (C=O) groups is 1. The van der Waals surface area contributed by atoms with Crippen LogP contribution in [-0.2, 0) is 6.18 Å². The van der Waals surface area contributed by atoms with E-state index in [0.717, 1.165) is 49.7 Å². The number of alkyl halides is 3. The molecule has 27 heavy (non-hydrogen) atoms. The summed E-state index contributed by atoms with van der Waals surface area (Å²) in [6.07, 6.45) is 0.121. The Morgan fingerprint density at radius 1 is 1.15 bits per heavy atom. The van der Waals surface area contributed by atoms with Crippen molar-refractivity contribution in [2.45, 2.75) is 37.9 Å². The van der Waals surface area contributed by atoms with Crippen molar-refractivity contribution in [2.75, 3.05) is 43.0 Å². The summed E-state index contributed by atoms with van der Waals surface area (Å²) in [5.41, 5.74) is -0.569. The van der Waals surface area contributed by atoms with Crippen LogP contribution in [0.3, 0.4) is 0 Å². The number of hydrogen-bond donors (Lipinski definition) is 1. The number of nitrogens with zero attached hydrogens (tertiary/aromatic N) is 2. The molecule has 1 unspecified atom stereocenters. The quantitative estimate of drug-likeness (QED) is 0.808. The standard InChI is InChI=1S/C19H26F3N3OS/c20-19(21,22)15-6-4-7-16(12-15)23-18(26)25-10-5-11-27-14-17(25)13-24-8-2-1-3-9-24/h4,6-7,12,17H,1-3,5,8-11,13-14H2,(H,23,26). The van der Waals surface area contributed by atoms with Crippen LogP contribution in [0.15, 0.2) is 24.3 Å². The zero-order chi connectivity index (χ0) is 19.3. The van der Waals surface area contributed by atoms with E-state index in [0.29, 0.717) is 6.54 Å². The highest BCUT2D eigenvalue weighted by Gasteiger charge is 2.31. The number of thioether (sulfide) groups is 1. The fourth-order valence-corrected chi connectivity index (χ4v) is 4.71. The van der Waals surface area contributed by atoms with Crippen LogP contribution in [0.4, 0.5) is 23.7 Å². The topological polar surface area (TPSA) is 35.6 Å². The average molecular weight is 401 g/mol.